The van der Waals surface area contributed by atoms with Gasteiger partial charge in [-0.1, -0.05) is 50.6 Å². The molecule has 37 heavy (non-hydrogen) atoms. The molecule has 0 bridgehead atoms. The fraction of sp³-hybridized carbons (Fsp3) is 0.556. The van der Waals surface area contributed by atoms with Crippen LogP contribution in [0.15, 0.2) is 35.7 Å². The molecule has 1 aromatic carbocycles. The minimum absolute atomic E-state index is 0.00340. The minimum atomic E-state index is -0.593. The molecule has 3 amide bonds. The molecule has 0 aliphatic carbocycles. The van der Waals surface area contributed by atoms with Crippen molar-refractivity contribution in [3.63, 3.8) is 0 Å². The lowest BCUT2D eigenvalue weighted by atomic mass is 9.96. The van der Waals surface area contributed by atoms with E-state index >= 15 is 0 Å². The average molecular weight is 530 g/mol. The summed E-state index contributed by atoms with van der Waals surface area (Å²) in [6.07, 6.45) is 2.47. The van der Waals surface area contributed by atoms with E-state index in [-0.39, 0.29) is 42.3 Å². The van der Waals surface area contributed by atoms with Crippen molar-refractivity contribution in [1.29, 1.82) is 0 Å². The van der Waals surface area contributed by atoms with Crippen LogP contribution in [0.3, 0.4) is 0 Å². The Labute approximate surface area is 223 Å². The van der Waals surface area contributed by atoms with Crippen molar-refractivity contribution < 1.29 is 19.1 Å². The Balaban J connectivity index is 1.53. The quantitative estimate of drug-likeness (QED) is 0.390. The third-order valence-corrected chi connectivity index (χ3v) is 7.41. The Morgan fingerprint density at radius 3 is 2.68 bits per heavy atom. The lowest BCUT2D eigenvalue weighted by Crippen LogP contribution is -2.54. The second-order valence-corrected chi connectivity index (χ2v) is 10.7. The smallest absolute Gasteiger partial charge is 0.270 e. The van der Waals surface area contributed by atoms with Crippen molar-refractivity contribution in [3.8, 4) is 0 Å². The molecule has 0 radical (unpaired) electrons. The number of hydrogen-bond acceptors (Lipinski definition) is 7. The van der Waals surface area contributed by atoms with Crippen LogP contribution in [-0.2, 0) is 20.7 Å². The third-order valence-electron chi connectivity index (χ3n) is 6.47. The number of thiazole rings is 1. The average Bonchev–Trinajstić information content (AvgIpc) is 3.38. The Hall–Kier alpha value is -2.82. The molecule has 202 valence electrons. The first-order valence-electron chi connectivity index (χ1n) is 12.9. The minimum Gasteiger partial charge on any atom is -0.371 e. The first-order valence-corrected chi connectivity index (χ1v) is 13.8. The van der Waals surface area contributed by atoms with E-state index in [1.165, 1.54) is 16.9 Å². The number of carbonyl (C=O) groups excluding carboxylic acids is 3. The summed E-state index contributed by atoms with van der Waals surface area (Å²) in [5.41, 5.74) is 1.54. The SMILES string of the molecule is CC[C@H](C)[C@H](NC(=O)CN(C)C)C(=O)N[C@H]1CCO[C@@H](c2nc(C(=O)NCCc3ccccc3)cs2)C1. The number of hydrogen-bond donors (Lipinski definition) is 3. The van der Waals surface area contributed by atoms with Crippen LogP contribution < -0.4 is 16.0 Å². The zero-order valence-electron chi connectivity index (χ0n) is 22.2. The number of aromatic nitrogens is 1. The molecule has 3 rings (SSSR count). The van der Waals surface area contributed by atoms with Crippen molar-refractivity contribution in [2.75, 3.05) is 33.8 Å². The van der Waals surface area contributed by atoms with Gasteiger partial charge in [0, 0.05) is 31.0 Å². The van der Waals surface area contributed by atoms with Crippen LogP contribution in [0, 0.1) is 5.92 Å². The zero-order valence-corrected chi connectivity index (χ0v) is 23.0. The number of likely N-dealkylation sites (N-methyl/N-ethyl adjacent to an activating group) is 1. The first kappa shape index (κ1) is 28.7. The van der Waals surface area contributed by atoms with Gasteiger partial charge >= 0.3 is 0 Å². The van der Waals surface area contributed by atoms with Gasteiger partial charge in [0.1, 0.15) is 22.8 Å². The molecule has 4 atom stereocenters. The number of benzene rings is 1. The van der Waals surface area contributed by atoms with Crippen molar-refractivity contribution in [1.82, 2.24) is 25.8 Å². The third kappa shape index (κ3) is 8.91. The number of carbonyl (C=O) groups is 3. The predicted molar refractivity (Wildman–Crippen MR) is 144 cm³/mol. The maximum absolute atomic E-state index is 13.1. The van der Waals surface area contributed by atoms with Gasteiger partial charge in [-0.3, -0.25) is 14.4 Å². The maximum Gasteiger partial charge on any atom is 0.270 e. The van der Waals surface area contributed by atoms with Crippen LogP contribution in [0.2, 0.25) is 0 Å². The molecule has 2 heterocycles. The molecule has 0 saturated carbocycles. The zero-order chi connectivity index (χ0) is 26.8. The highest BCUT2D eigenvalue weighted by Crippen LogP contribution is 2.30. The standard InChI is InChI=1S/C27H39N5O4S/c1-5-18(2)24(31-23(33)16-32(3)4)26(35)29-20-12-14-36-22(15-20)27-30-21(17-37-27)25(34)28-13-11-19-9-7-6-8-10-19/h6-10,17-18,20,22,24H,5,11-16H2,1-4H3,(H,28,34)(H,29,35)(H,31,33)/t18-,20-,22+,24-/m0/s1. The summed E-state index contributed by atoms with van der Waals surface area (Å²) in [5.74, 6) is -0.551. The highest BCUT2D eigenvalue weighted by molar-refractivity contribution is 7.09. The molecule has 2 aromatic rings. The summed E-state index contributed by atoms with van der Waals surface area (Å²) in [5, 5.41) is 11.4. The van der Waals surface area contributed by atoms with Gasteiger partial charge in [-0.05, 0) is 38.4 Å². The van der Waals surface area contributed by atoms with E-state index in [1.807, 2.05) is 58.3 Å². The molecule has 3 N–H and O–H groups in total. The summed E-state index contributed by atoms with van der Waals surface area (Å²) in [7, 11) is 3.64. The highest BCUT2D eigenvalue weighted by Gasteiger charge is 2.32. The molecule has 1 aromatic heterocycles. The first-order chi connectivity index (χ1) is 17.8. The Bertz CT molecular complexity index is 1030. The topological polar surface area (TPSA) is 113 Å². The second-order valence-electron chi connectivity index (χ2n) is 9.82. The van der Waals surface area contributed by atoms with Crippen LogP contribution in [0.25, 0.3) is 0 Å². The fourth-order valence-electron chi connectivity index (χ4n) is 4.19. The number of amides is 3. The van der Waals surface area contributed by atoms with Crippen LogP contribution in [0.1, 0.15) is 60.3 Å². The van der Waals surface area contributed by atoms with Crippen LogP contribution in [-0.4, -0.2) is 73.5 Å². The summed E-state index contributed by atoms with van der Waals surface area (Å²) in [4.78, 5) is 44.3. The summed E-state index contributed by atoms with van der Waals surface area (Å²) < 4.78 is 5.93. The Morgan fingerprint density at radius 2 is 1.97 bits per heavy atom. The highest BCUT2D eigenvalue weighted by atomic mass is 32.1. The van der Waals surface area contributed by atoms with Crippen molar-refractivity contribution in [2.24, 2.45) is 5.92 Å². The number of ether oxygens (including phenoxy) is 1. The van der Waals surface area contributed by atoms with E-state index in [2.05, 4.69) is 20.9 Å². The summed E-state index contributed by atoms with van der Waals surface area (Å²) >= 11 is 1.39. The fourth-order valence-corrected chi connectivity index (χ4v) is 5.05. The molecule has 1 fully saturated rings. The molecular weight excluding hydrogens is 490 g/mol. The van der Waals surface area contributed by atoms with Gasteiger partial charge in [0.25, 0.3) is 5.91 Å². The monoisotopic (exact) mass is 529 g/mol. The van der Waals surface area contributed by atoms with Gasteiger partial charge in [-0.15, -0.1) is 11.3 Å². The maximum atomic E-state index is 13.1. The van der Waals surface area contributed by atoms with Gasteiger partial charge in [0.15, 0.2) is 0 Å². The lowest BCUT2D eigenvalue weighted by Gasteiger charge is -2.31. The normalized spacial score (nSPS) is 19.2. The number of rotatable bonds is 12. The molecule has 10 heteroatoms. The molecule has 1 aliphatic heterocycles. The molecule has 0 spiro atoms. The Kier molecular flexibility index (Phi) is 11.0. The number of nitrogens with zero attached hydrogens (tertiary/aromatic N) is 2. The van der Waals surface area contributed by atoms with Crippen LogP contribution >= 0.6 is 11.3 Å². The van der Waals surface area contributed by atoms with E-state index < -0.39 is 6.04 Å². The van der Waals surface area contributed by atoms with Gasteiger partial charge < -0.3 is 25.6 Å². The summed E-state index contributed by atoms with van der Waals surface area (Å²) in [6.45, 7) is 5.22. The van der Waals surface area contributed by atoms with Gasteiger partial charge in [0.2, 0.25) is 11.8 Å². The van der Waals surface area contributed by atoms with Crippen molar-refractivity contribution in [2.45, 2.75) is 57.7 Å². The van der Waals surface area contributed by atoms with Crippen molar-refractivity contribution in [3.05, 3.63) is 52.0 Å². The van der Waals surface area contributed by atoms with E-state index in [0.717, 1.165) is 17.8 Å². The summed E-state index contributed by atoms with van der Waals surface area (Å²) in [6, 6.07) is 9.30. The Morgan fingerprint density at radius 1 is 1.22 bits per heavy atom. The number of nitrogens with one attached hydrogen (secondary N) is 3. The van der Waals surface area contributed by atoms with Crippen LogP contribution in [0.5, 0.6) is 0 Å². The van der Waals surface area contributed by atoms with Gasteiger partial charge in [-0.2, -0.15) is 0 Å². The molecule has 9 nitrogen and oxygen atoms in total. The molecule has 0 unspecified atom stereocenters. The van der Waals surface area contributed by atoms with E-state index in [1.54, 1.807) is 10.3 Å². The predicted octanol–water partition coefficient (Wildman–Crippen LogP) is 2.54. The largest absolute Gasteiger partial charge is 0.371 e. The van der Waals surface area contributed by atoms with E-state index in [4.69, 9.17) is 4.74 Å². The van der Waals surface area contributed by atoms with E-state index in [9.17, 15) is 14.4 Å². The van der Waals surface area contributed by atoms with Gasteiger partial charge in [-0.25, -0.2) is 4.98 Å². The van der Waals surface area contributed by atoms with Crippen molar-refractivity contribution >= 4 is 29.1 Å². The lowest BCUT2D eigenvalue weighted by molar-refractivity contribution is -0.131. The van der Waals surface area contributed by atoms with Crippen LogP contribution in [0.4, 0.5) is 0 Å². The van der Waals surface area contributed by atoms with Gasteiger partial charge in [0.05, 0.1) is 6.54 Å². The second kappa shape index (κ2) is 14.2. The molecular formula is C27H39N5O4S. The molecule has 1 saturated heterocycles. The molecule has 1 aliphatic rings. The van der Waals surface area contributed by atoms with E-state index in [0.29, 0.717) is 31.7 Å².